The van der Waals surface area contributed by atoms with Gasteiger partial charge in [-0.2, -0.15) is 0 Å². The van der Waals surface area contributed by atoms with Crippen molar-refractivity contribution >= 4 is 30.2 Å². The molecule has 8 rings (SSSR count). The molecule has 0 saturated heterocycles. The number of carbonyl (C=O) groups excluding carboxylic acids is 5. The molecule has 0 atom stereocenters. The molecule has 0 saturated carbocycles. The standard InChI is InChI=1S/C60H44O14/c1-66-52-35-56(70-38-42-12-8-5-9-13-42)54(68-3)34-51(52)60(65)74-49-30-22-44(23-31-49)58(63)72-47-26-18-40(19-27-47)15-14-39-16-24-46(25-17-39)71-57(62)43-20-28-48(29-21-43)73-59(64)50-33-53(67-2)55(32-45(50)36-61)69-37-41-10-6-4-7-11-41/h4-13,16-36H,37-38H2,1-3H3. The SMILES string of the molecule is COc1cc(C(=O)Oc2ccc(C(=O)Oc3ccc(C#Cc4ccc(OC(=O)c5ccc(OC(=O)c6cc(OC)c(OCc7ccccc7)cc6OC)cc5)cc4)cc3)cc2)c(C=O)cc1OCc1ccccc1. The number of carbonyl (C=O) groups is 5. The van der Waals surface area contributed by atoms with Crippen LogP contribution in [0.15, 0.2) is 182 Å². The van der Waals surface area contributed by atoms with E-state index in [0.717, 1.165) is 11.1 Å². The van der Waals surface area contributed by atoms with E-state index in [9.17, 15) is 24.0 Å². The van der Waals surface area contributed by atoms with E-state index in [1.54, 1.807) is 54.6 Å². The summed E-state index contributed by atoms with van der Waals surface area (Å²) < 4.78 is 50.4. The Morgan fingerprint density at radius 3 is 1.16 bits per heavy atom. The smallest absolute Gasteiger partial charge is 0.347 e. The van der Waals surface area contributed by atoms with Crippen LogP contribution in [0.4, 0.5) is 0 Å². The summed E-state index contributed by atoms with van der Waals surface area (Å²) in [6.07, 6.45) is 0.530. The lowest BCUT2D eigenvalue weighted by Crippen LogP contribution is -2.13. The van der Waals surface area contributed by atoms with Gasteiger partial charge in [-0.3, -0.25) is 4.79 Å². The third-order valence-electron chi connectivity index (χ3n) is 10.9. The van der Waals surface area contributed by atoms with Crippen molar-refractivity contribution in [1.82, 2.24) is 0 Å². The highest BCUT2D eigenvalue weighted by Gasteiger charge is 2.22. The Balaban J connectivity index is 0.799. The second-order valence-electron chi connectivity index (χ2n) is 15.9. The summed E-state index contributed by atoms with van der Waals surface area (Å²) in [6.45, 7) is 0.505. The Morgan fingerprint density at radius 2 is 0.757 bits per heavy atom. The third-order valence-corrected chi connectivity index (χ3v) is 10.9. The lowest BCUT2D eigenvalue weighted by molar-refractivity contribution is 0.0718. The maximum absolute atomic E-state index is 13.2. The molecule has 8 aromatic carbocycles. The van der Waals surface area contributed by atoms with Crippen LogP contribution >= 0.6 is 0 Å². The number of hydrogen-bond donors (Lipinski definition) is 0. The molecule has 0 spiro atoms. The van der Waals surface area contributed by atoms with E-state index >= 15 is 0 Å². The Hall–Kier alpha value is -10.1. The zero-order valence-corrected chi connectivity index (χ0v) is 40.0. The van der Waals surface area contributed by atoms with Crippen LogP contribution in [0, 0.1) is 11.8 Å². The van der Waals surface area contributed by atoms with Gasteiger partial charge in [0.2, 0.25) is 0 Å². The van der Waals surface area contributed by atoms with Crippen molar-refractivity contribution in [2.75, 3.05) is 21.3 Å². The molecule has 14 nitrogen and oxygen atoms in total. The molecule has 0 fully saturated rings. The normalized spacial score (nSPS) is 10.4. The van der Waals surface area contributed by atoms with Crippen LogP contribution in [0.2, 0.25) is 0 Å². The highest BCUT2D eigenvalue weighted by molar-refractivity contribution is 6.00. The quantitative estimate of drug-likeness (QED) is 0.0344. The minimum absolute atomic E-state index is 0.0310. The molecule has 0 bridgehead atoms. The van der Waals surface area contributed by atoms with Crippen molar-refractivity contribution in [1.29, 1.82) is 0 Å². The molecule has 0 unspecified atom stereocenters. The van der Waals surface area contributed by atoms with Crippen molar-refractivity contribution in [3.05, 3.63) is 232 Å². The summed E-state index contributed by atoms with van der Waals surface area (Å²) >= 11 is 0. The minimum atomic E-state index is -0.810. The summed E-state index contributed by atoms with van der Waals surface area (Å²) in [5.74, 6) is 5.64. The molecule has 0 aliphatic rings. The summed E-state index contributed by atoms with van der Waals surface area (Å²) in [6, 6.07) is 49.8. The lowest BCUT2D eigenvalue weighted by atomic mass is 10.1. The van der Waals surface area contributed by atoms with Gasteiger partial charge in [-0.05, 0) is 120 Å². The third kappa shape index (κ3) is 13.0. The van der Waals surface area contributed by atoms with Crippen LogP contribution in [-0.4, -0.2) is 51.5 Å². The van der Waals surface area contributed by atoms with Gasteiger partial charge in [-0.1, -0.05) is 72.5 Å². The number of hydrogen-bond acceptors (Lipinski definition) is 14. The average molecular weight is 989 g/mol. The molecule has 368 valence electrons. The second-order valence-corrected chi connectivity index (χ2v) is 15.9. The summed E-state index contributed by atoms with van der Waals surface area (Å²) in [4.78, 5) is 64.3. The van der Waals surface area contributed by atoms with E-state index in [0.29, 0.717) is 28.9 Å². The van der Waals surface area contributed by atoms with Gasteiger partial charge in [0, 0.05) is 28.8 Å². The van der Waals surface area contributed by atoms with Gasteiger partial charge >= 0.3 is 23.9 Å². The summed E-state index contributed by atoms with van der Waals surface area (Å²) in [5, 5.41) is 0. The Morgan fingerprint density at radius 1 is 0.392 bits per heavy atom. The van der Waals surface area contributed by atoms with E-state index < -0.39 is 23.9 Å². The molecular formula is C60H44O14. The Kier molecular flexibility index (Phi) is 16.4. The van der Waals surface area contributed by atoms with Crippen molar-refractivity contribution < 1.29 is 66.6 Å². The number of benzene rings is 8. The molecule has 0 aliphatic carbocycles. The molecule has 8 aromatic rings. The topological polar surface area (TPSA) is 168 Å². The van der Waals surface area contributed by atoms with E-state index in [4.69, 9.17) is 42.6 Å². The zero-order valence-electron chi connectivity index (χ0n) is 40.0. The van der Waals surface area contributed by atoms with Crippen LogP contribution in [0.1, 0.15) is 74.0 Å². The number of rotatable bonds is 18. The van der Waals surface area contributed by atoms with E-state index in [2.05, 4.69) is 11.8 Å². The van der Waals surface area contributed by atoms with Crippen molar-refractivity contribution in [2.45, 2.75) is 13.2 Å². The highest BCUT2D eigenvalue weighted by Crippen LogP contribution is 2.36. The van der Waals surface area contributed by atoms with E-state index in [-0.39, 0.29) is 81.3 Å². The van der Waals surface area contributed by atoms with E-state index in [1.807, 2.05) is 60.7 Å². The first-order chi connectivity index (χ1) is 36.1. The first-order valence-electron chi connectivity index (χ1n) is 22.7. The fraction of sp³-hybridized carbons (Fsp3) is 0.0833. The molecule has 0 heterocycles. The van der Waals surface area contributed by atoms with Gasteiger partial charge in [-0.25, -0.2) is 19.2 Å². The maximum Gasteiger partial charge on any atom is 0.347 e. The van der Waals surface area contributed by atoms with Crippen LogP contribution in [0.25, 0.3) is 0 Å². The van der Waals surface area contributed by atoms with Gasteiger partial charge in [-0.15, -0.1) is 0 Å². The summed E-state index contributed by atoms with van der Waals surface area (Å²) in [7, 11) is 4.32. The lowest BCUT2D eigenvalue weighted by Gasteiger charge is -2.15. The van der Waals surface area contributed by atoms with Gasteiger partial charge in [0.05, 0.1) is 38.0 Å². The Labute approximate surface area is 425 Å². The second kappa shape index (κ2) is 24.1. The van der Waals surface area contributed by atoms with Crippen LogP contribution in [-0.2, 0) is 13.2 Å². The fourth-order valence-electron chi connectivity index (χ4n) is 7.07. The first kappa shape index (κ1) is 50.3. The van der Waals surface area contributed by atoms with Gasteiger partial charge in [0.1, 0.15) is 47.5 Å². The molecule has 74 heavy (non-hydrogen) atoms. The van der Waals surface area contributed by atoms with Crippen molar-refractivity contribution in [2.24, 2.45) is 0 Å². The molecule has 0 aliphatic heterocycles. The molecular weight excluding hydrogens is 945 g/mol. The van der Waals surface area contributed by atoms with Crippen LogP contribution < -0.4 is 42.6 Å². The minimum Gasteiger partial charge on any atom is -0.496 e. The van der Waals surface area contributed by atoms with Crippen LogP contribution in [0.3, 0.4) is 0 Å². The molecule has 0 amide bonds. The molecule has 0 radical (unpaired) electrons. The maximum atomic E-state index is 13.2. The molecule has 14 heteroatoms. The molecule has 0 aromatic heterocycles. The van der Waals surface area contributed by atoms with Gasteiger partial charge < -0.3 is 42.6 Å². The predicted molar refractivity (Wildman–Crippen MR) is 271 cm³/mol. The number of methoxy groups -OCH3 is 3. The van der Waals surface area contributed by atoms with Gasteiger partial charge in [0.15, 0.2) is 29.3 Å². The summed E-state index contributed by atoms with van der Waals surface area (Å²) in [5.41, 5.74) is 3.70. The fourth-order valence-corrected chi connectivity index (χ4v) is 7.07. The van der Waals surface area contributed by atoms with Crippen molar-refractivity contribution in [3.63, 3.8) is 0 Å². The zero-order chi connectivity index (χ0) is 51.8. The Bertz CT molecular complexity index is 3340. The largest absolute Gasteiger partial charge is 0.496 e. The predicted octanol–water partition coefficient (Wildman–Crippen LogP) is 11.0. The van der Waals surface area contributed by atoms with E-state index in [1.165, 1.54) is 88.1 Å². The average Bonchev–Trinajstić information content (AvgIpc) is 3.44. The highest BCUT2D eigenvalue weighted by atomic mass is 16.6. The monoisotopic (exact) mass is 988 g/mol. The first-order valence-corrected chi connectivity index (χ1v) is 22.7. The molecule has 0 N–H and O–H groups in total. The number of ether oxygens (including phenoxy) is 9. The van der Waals surface area contributed by atoms with Crippen molar-refractivity contribution in [3.8, 4) is 63.6 Å². The number of esters is 4. The van der Waals surface area contributed by atoms with Gasteiger partial charge in [0.25, 0.3) is 0 Å². The van der Waals surface area contributed by atoms with Crippen LogP contribution in [0.5, 0.6) is 51.7 Å². The number of aldehydes is 1.